The molecular formula is C21H32N3P. The highest BCUT2D eigenvalue weighted by Crippen LogP contribution is 2.69. The first-order valence-corrected chi connectivity index (χ1v) is 11.0. The molecule has 5 rings (SSSR count). The van der Waals surface area contributed by atoms with Crippen LogP contribution in [0.4, 0.5) is 5.69 Å². The minimum absolute atomic E-state index is 0.411. The van der Waals surface area contributed by atoms with E-state index in [2.05, 4.69) is 68.1 Å². The van der Waals surface area contributed by atoms with E-state index in [0.29, 0.717) is 5.16 Å². The Morgan fingerprint density at radius 2 is 1.44 bits per heavy atom. The van der Waals surface area contributed by atoms with Gasteiger partial charge < -0.3 is 4.90 Å². The predicted octanol–water partition coefficient (Wildman–Crippen LogP) is 5.16. The quantitative estimate of drug-likeness (QED) is 0.421. The number of hydrogen-bond donors (Lipinski definition) is 0. The second-order valence-corrected chi connectivity index (χ2v) is 11.7. The van der Waals surface area contributed by atoms with Gasteiger partial charge >= 0.3 is 0 Å². The molecule has 0 aliphatic heterocycles. The van der Waals surface area contributed by atoms with E-state index in [1.165, 1.54) is 44.1 Å². The molecule has 0 heterocycles. The maximum atomic E-state index is 5.17. The molecule has 0 radical (unpaired) electrons. The van der Waals surface area contributed by atoms with Crippen LogP contribution < -0.4 is 0 Å². The summed E-state index contributed by atoms with van der Waals surface area (Å²) in [4.78, 5) is 7.46. The van der Waals surface area contributed by atoms with E-state index >= 15 is 0 Å². The maximum Gasteiger partial charge on any atom is 0.143 e. The minimum atomic E-state index is -0.411. The highest BCUT2D eigenvalue weighted by molar-refractivity contribution is 7.74. The maximum absolute atomic E-state index is 5.17. The normalized spacial score (nSPS) is 35.2. The average Bonchev–Trinajstić information content (AvgIpc) is 2.53. The molecule has 1 aromatic rings. The highest BCUT2D eigenvalue weighted by atomic mass is 31.1. The molecule has 4 heteroatoms. The highest BCUT2D eigenvalue weighted by Gasteiger charge is 2.56. The zero-order valence-electron chi connectivity index (χ0n) is 16.2. The zero-order valence-corrected chi connectivity index (χ0v) is 17.0. The molecule has 0 aromatic heterocycles. The Balaban J connectivity index is 1.74. The van der Waals surface area contributed by atoms with Gasteiger partial charge in [-0.25, -0.2) is 4.99 Å². The number of aliphatic imine (C=N–C) groups is 1. The average molecular weight is 357 g/mol. The van der Waals surface area contributed by atoms with E-state index in [4.69, 9.17) is 4.99 Å². The monoisotopic (exact) mass is 357 g/mol. The van der Waals surface area contributed by atoms with Gasteiger partial charge in [0.1, 0.15) is 5.58 Å². The number of nitrogens with zero attached hydrogens (tertiary/aromatic N) is 3. The summed E-state index contributed by atoms with van der Waals surface area (Å²) in [5.74, 6) is 2.95. The molecule has 4 fully saturated rings. The van der Waals surface area contributed by atoms with Crippen molar-refractivity contribution in [1.29, 1.82) is 0 Å². The largest absolute Gasteiger partial charge is 0.361 e. The summed E-state index contributed by atoms with van der Waals surface area (Å²) < 4.78 is 2.52. The van der Waals surface area contributed by atoms with Crippen molar-refractivity contribution in [3.05, 3.63) is 30.3 Å². The summed E-state index contributed by atoms with van der Waals surface area (Å²) in [6.45, 7) is 0. The molecule has 1 atom stereocenters. The van der Waals surface area contributed by atoms with Crippen LogP contribution in [-0.4, -0.2) is 48.5 Å². The molecule has 4 saturated carbocycles. The van der Waals surface area contributed by atoms with Gasteiger partial charge in [-0.05, 0) is 82.5 Å². The summed E-state index contributed by atoms with van der Waals surface area (Å²) >= 11 is 0. The lowest BCUT2D eigenvalue weighted by Gasteiger charge is -2.60. The van der Waals surface area contributed by atoms with Crippen molar-refractivity contribution in [2.24, 2.45) is 22.7 Å². The fraction of sp³-hybridized carbons (Fsp3) is 0.667. The first kappa shape index (κ1) is 17.5. The van der Waals surface area contributed by atoms with E-state index in [1.807, 2.05) is 0 Å². The topological polar surface area (TPSA) is 18.8 Å². The van der Waals surface area contributed by atoms with E-state index in [-0.39, 0.29) is 0 Å². The first-order chi connectivity index (χ1) is 12.0. The summed E-state index contributed by atoms with van der Waals surface area (Å²) in [6.07, 6.45) is 8.81. The molecule has 3 nitrogen and oxygen atoms in total. The van der Waals surface area contributed by atoms with Gasteiger partial charge in [0.05, 0.1) is 5.69 Å². The van der Waals surface area contributed by atoms with E-state index < -0.39 is 8.07 Å². The van der Waals surface area contributed by atoms with Crippen LogP contribution in [0.2, 0.25) is 0 Å². The SMILES string of the molecule is CN(C)C(=Nc1ccccc1)P(N(C)C)C12CC3CC(CC(C3)C1)C2. The van der Waals surface area contributed by atoms with Gasteiger partial charge in [-0.3, -0.25) is 4.67 Å². The van der Waals surface area contributed by atoms with Crippen LogP contribution in [0.5, 0.6) is 0 Å². The molecule has 4 bridgehead atoms. The molecular weight excluding hydrogens is 325 g/mol. The van der Waals surface area contributed by atoms with Crippen molar-refractivity contribution < 1.29 is 0 Å². The van der Waals surface area contributed by atoms with Crippen LogP contribution in [-0.2, 0) is 0 Å². The van der Waals surface area contributed by atoms with Crippen molar-refractivity contribution >= 4 is 19.3 Å². The molecule has 25 heavy (non-hydrogen) atoms. The third-order valence-corrected chi connectivity index (χ3v) is 9.56. The van der Waals surface area contributed by atoms with Crippen LogP contribution in [0.1, 0.15) is 38.5 Å². The standard InChI is InChI=1S/C21H32N3P/c1-23(2)20(22-19-8-6-5-7-9-19)25(24(3)4)21-13-16-10-17(14-21)12-18(11-16)15-21/h5-9,16-18H,10-15H2,1-4H3. The van der Waals surface area contributed by atoms with Crippen LogP contribution >= 0.6 is 8.07 Å². The van der Waals surface area contributed by atoms with Crippen LogP contribution in [0, 0.1) is 17.8 Å². The zero-order chi connectivity index (χ0) is 17.6. The number of para-hydroxylation sites is 1. The molecule has 136 valence electrons. The summed E-state index contributed by atoms with van der Waals surface area (Å²) in [5.41, 5.74) is 2.39. The fourth-order valence-electron chi connectivity index (χ4n) is 6.09. The van der Waals surface area contributed by atoms with Crippen LogP contribution in [0.15, 0.2) is 35.3 Å². The summed E-state index contributed by atoms with van der Waals surface area (Å²) in [6, 6.07) is 10.5. The third-order valence-electron chi connectivity index (χ3n) is 6.43. The Bertz CT molecular complexity index is 603. The molecule has 0 spiro atoms. The lowest BCUT2D eigenvalue weighted by Crippen LogP contribution is -2.52. The number of benzene rings is 1. The first-order valence-electron chi connectivity index (χ1n) is 9.75. The Labute approximate surface area is 154 Å². The van der Waals surface area contributed by atoms with E-state index in [0.717, 1.165) is 23.4 Å². The Morgan fingerprint density at radius 3 is 1.88 bits per heavy atom. The number of amidine groups is 1. The minimum Gasteiger partial charge on any atom is -0.361 e. The molecule has 4 aliphatic rings. The van der Waals surface area contributed by atoms with Gasteiger partial charge in [-0.2, -0.15) is 0 Å². The van der Waals surface area contributed by atoms with Crippen molar-refractivity contribution in [2.75, 3.05) is 28.2 Å². The van der Waals surface area contributed by atoms with Gasteiger partial charge in [0.25, 0.3) is 0 Å². The van der Waals surface area contributed by atoms with Crippen LogP contribution in [0.3, 0.4) is 0 Å². The fourth-order valence-corrected chi connectivity index (χ4v) is 9.61. The second-order valence-electron chi connectivity index (χ2n) is 8.94. The van der Waals surface area contributed by atoms with Crippen molar-refractivity contribution in [3.8, 4) is 0 Å². The molecule has 1 unspecified atom stereocenters. The predicted molar refractivity (Wildman–Crippen MR) is 109 cm³/mol. The molecule has 0 N–H and O–H groups in total. The van der Waals surface area contributed by atoms with Gasteiger partial charge in [0, 0.05) is 27.3 Å². The van der Waals surface area contributed by atoms with Crippen molar-refractivity contribution in [3.63, 3.8) is 0 Å². The van der Waals surface area contributed by atoms with Gasteiger partial charge in [-0.15, -0.1) is 0 Å². The van der Waals surface area contributed by atoms with Crippen LogP contribution in [0.25, 0.3) is 0 Å². The lowest BCUT2D eigenvalue weighted by atomic mass is 9.56. The molecule has 4 aliphatic carbocycles. The lowest BCUT2D eigenvalue weighted by molar-refractivity contribution is 0.0345. The molecule has 1 aromatic carbocycles. The smallest absolute Gasteiger partial charge is 0.143 e. The van der Waals surface area contributed by atoms with E-state index in [9.17, 15) is 0 Å². The summed E-state index contributed by atoms with van der Waals surface area (Å²) in [7, 11) is 8.52. The number of rotatable bonds is 4. The van der Waals surface area contributed by atoms with Gasteiger partial charge in [0.2, 0.25) is 0 Å². The van der Waals surface area contributed by atoms with E-state index in [1.54, 1.807) is 0 Å². The Morgan fingerprint density at radius 1 is 0.920 bits per heavy atom. The Kier molecular flexibility index (Phi) is 4.67. The third kappa shape index (κ3) is 3.26. The van der Waals surface area contributed by atoms with Crippen molar-refractivity contribution in [2.45, 2.75) is 43.7 Å². The molecule has 0 saturated heterocycles. The Hall–Kier alpha value is -0.920. The second kappa shape index (κ2) is 6.67. The molecule has 0 amide bonds. The van der Waals surface area contributed by atoms with Gasteiger partial charge in [0.15, 0.2) is 0 Å². The number of hydrogen-bond acceptors (Lipinski definition) is 2. The summed E-state index contributed by atoms with van der Waals surface area (Å²) in [5, 5.41) is 0.492. The van der Waals surface area contributed by atoms with Gasteiger partial charge in [-0.1, -0.05) is 18.2 Å². The van der Waals surface area contributed by atoms with Crippen molar-refractivity contribution in [1.82, 2.24) is 9.57 Å².